The van der Waals surface area contributed by atoms with Gasteiger partial charge >= 0.3 is 0 Å². The number of aromatic nitrogens is 3. The van der Waals surface area contributed by atoms with Gasteiger partial charge in [-0.15, -0.1) is 5.10 Å². The fourth-order valence-electron chi connectivity index (χ4n) is 3.99. The summed E-state index contributed by atoms with van der Waals surface area (Å²) in [6.45, 7) is 3.66. The molecule has 2 saturated heterocycles. The minimum absolute atomic E-state index is 0.0186. The highest BCUT2D eigenvalue weighted by molar-refractivity contribution is 7.20. The zero-order valence-electron chi connectivity index (χ0n) is 16.3. The van der Waals surface area contributed by atoms with Gasteiger partial charge in [-0.1, -0.05) is 23.5 Å². The Morgan fingerprint density at radius 1 is 1.00 bits per heavy atom. The number of para-hydroxylation sites is 1. The lowest BCUT2D eigenvalue weighted by Crippen LogP contribution is -2.50. The molecule has 0 spiro atoms. The molecule has 0 unspecified atom stereocenters. The van der Waals surface area contributed by atoms with Crippen LogP contribution in [0.1, 0.15) is 23.2 Å². The maximum atomic E-state index is 14.0. The van der Waals surface area contributed by atoms with Crippen LogP contribution in [0.15, 0.2) is 35.3 Å². The summed E-state index contributed by atoms with van der Waals surface area (Å²) in [5.41, 5.74) is 0.109. The van der Waals surface area contributed by atoms with Crippen LogP contribution in [0.5, 0.6) is 0 Å². The van der Waals surface area contributed by atoms with Crippen LogP contribution in [0.2, 0.25) is 0 Å². The lowest BCUT2D eigenvalue weighted by molar-refractivity contribution is 0.0744. The first kappa shape index (κ1) is 19.0. The van der Waals surface area contributed by atoms with Crippen molar-refractivity contribution in [1.29, 1.82) is 0 Å². The lowest BCUT2D eigenvalue weighted by atomic mass is 10.2. The third kappa shape index (κ3) is 3.30. The molecule has 0 aliphatic carbocycles. The van der Waals surface area contributed by atoms with Gasteiger partial charge in [-0.3, -0.25) is 9.59 Å². The van der Waals surface area contributed by atoms with Crippen molar-refractivity contribution in [2.24, 2.45) is 0 Å². The molecule has 0 saturated carbocycles. The molecule has 30 heavy (non-hydrogen) atoms. The van der Waals surface area contributed by atoms with Gasteiger partial charge in [0.05, 0.1) is 5.69 Å². The second-order valence-corrected chi connectivity index (χ2v) is 8.42. The number of benzene rings is 1. The van der Waals surface area contributed by atoms with Crippen LogP contribution in [0.4, 0.5) is 15.2 Å². The first-order chi connectivity index (χ1) is 14.6. The first-order valence-electron chi connectivity index (χ1n) is 10.0. The van der Waals surface area contributed by atoms with Gasteiger partial charge in [-0.2, -0.15) is 4.52 Å². The molecule has 0 radical (unpaired) electrons. The molecule has 10 heteroatoms. The molecule has 2 fully saturated rings. The number of rotatable bonds is 3. The minimum atomic E-state index is -0.441. The van der Waals surface area contributed by atoms with E-state index in [9.17, 15) is 14.0 Å². The van der Waals surface area contributed by atoms with E-state index in [2.05, 4.69) is 15.0 Å². The number of piperazine rings is 1. The van der Waals surface area contributed by atoms with Crippen molar-refractivity contribution in [3.63, 3.8) is 0 Å². The second kappa shape index (κ2) is 7.67. The fraction of sp³-hybridized carbons (Fsp3) is 0.400. The molecule has 156 valence electrons. The van der Waals surface area contributed by atoms with Crippen LogP contribution in [0.3, 0.4) is 0 Å². The molecule has 2 aliphatic rings. The predicted molar refractivity (Wildman–Crippen MR) is 113 cm³/mol. The van der Waals surface area contributed by atoms with E-state index in [1.54, 1.807) is 23.1 Å². The Bertz CT molecular complexity index is 1150. The summed E-state index contributed by atoms with van der Waals surface area (Å²) in [6.07, 6.45) is 3.58. The van der Waals surface area contributed by atoms with Gasteiger partial charge in [0.25, 0.3) is 11.5 Å². The van der Waals surface area contributed by atoms with Gasteiger partial charge in [0.1, 0.15) is 11.4 Å². The third-order valence-corrected chi connectivity index (χ3v) is 6.63. The summed E-state index contributed by atoms with van der Waals surface area (Å²) < 4.78 is 15.3. The van der Waals surface area contributed by atoms with E-state index in [1.165, 1.54) is 28.1 Å². The molecule has 2 aromatic heterocycles. The Labute approximate surface area is 176 Å². The van der Waals surface area contributed by atoms with Crippen molar-refractivity contribution in [1.82, 2.24) is 19.5 Å². The highest BCUT2D eigenvalue weighted by atomic mass is 32.1. The van der Waals surface area contributed by atoms with Crippen molar-refractivity contribution in [3.05, 3.63) is 52.2 Å². The monoisotopic (exact) mass is 428 g/mol. The predicted octanol–water partition coefficient (Wildman–Crippen LogP) is 1.85. The fourth-order valence-corrected chi connectivity index (χ4v) is 4.90. The Kier molecular flexibility index (Phi) is 4.86. The highest BCUT2D eigenvalue weighted by Crippen LogP contribution is 2.25. The van der Waals surface area contributed by atoms with E-state index in [0.29, 0.717) is 36.8 Å². The van der Waals surface area contributed by atoms with Gasteiger partial charge in [0.15, 0.2) is 0 Å². The van der Waals surface area contributed by atoms with E-state index >= 15 is 0 Å². The number of hydrogen-bond donors (Lipinski definition) is 0. The van der Waals surface area contributed by atoms with E-state index in [-0.39, 0.29) is 17.3 Å². The summed E-state index contributed by atoms with van der Waals surface area (Å²) in [6, 6.07) is 6.61. The maximum Gasteiger partial charge on any atom is 0.288 e. The largest absolute Gasteiger partial charge is 0.366 e. The Morgan fingerprint density at radius 2 is 1.73 bits per heavy atom. The summed E-state index contributed by atoms with van der Waals surface area (Å²) >= 11 is 1.36. The van der Waals surface area contributed by atoms with Crippen molar-refractivity contribution < 1.29 is 9.18 Å². The molecular weight excluding hydrogens is 407 g/mol. The summed E-state index contributed by atoms with van der Waals surface area (Å²) in [4.78, 5) is 36.4. The molecular formula is C20H21FN6O2S. The van der Waals surface area contributed by atoms with Crippen LogP contribution in [-0.2, 0) is 0 Å². The van der Waals surface area contributed by atoms with Gasteiger partial charge in [-0.05, 0) is 25.0 Å². The van der Waals surface area contributed by atoms with Gasteiger partial charge in [-0.25, -0.2) is 9.37 Å². The number of carbonyl (C=O) groups is 1. The average molecular weight is 428 g/mol. The molecule has 1 aromatic carbocycles. The van der Waals surface area contributed by atoms with Gasteiger partial charge in [0.2, 0.25) is 10.1 Å². The molecule has 0 atom stereocenters. The van der Waals surface area contributed by atoms with Crippen molar-refractivity contribution in [2.45, 2.75) is 12.8 Å². The minimum Gasteiger partial charge on any atom is -0.366 e. The summed E-state index contributed by atoms with van der Waals surface area (Å²) in [7, 11) is 0. The zero-order chi connectivity index (χ0) is 20.7. The molecule has 2 aliphatic heterocycles. The Morgan fingerprint density at radius 3 is 2.47 bits per heavy atom. The second-order valence-electron chi connectivity index (χ2n) is 7.48. The van der Waals surface area contributed by atoms with Gasteiger partial charge < -0.3 is 14.7 Å². The van der Waals surface area contributed by atoms with Crippen LogP contribution >= 0.6 is 11.3 Å². The average Bonchev–Trinajstić information content (AvgIpc) is 3.44. The SMILES string of the molecule is O=C(c1cnc2sc(N3CCCC3)nn2c1=O)N1CCN(c2ccccc2F)CC1. The number of nitrogens with zero attached hydrogens (tertiary/aromatic N) is 6. The summed E-state index contributed by atoms with van der Waals surface area (Å²) in [5, 5.41) is 5.17. The van der Waals surface area contributed by atoms with Gasteiger partial charge in [0, 0.05) is 45.5 Å². The molecule has 1 amide bonds. The number of amides is 1. The normalized spacial score (nSPS) is 17.2. The molecule has 0 N–H and O–H groups in total. The van der Waals surface area contributed by atoms with Crippen LogP contribution in [0, 0.1) is 5.82 Å². The zero-order valence-corrected chi connectivity index (χ0v) is 17.1. The topological polar surface area (TPSA) is 74.0 Å². The van der Waals surface area contributed by atoms with Crippen molar-refractivity contribution in [3.8, 4) is 0 Å². The third-order valence-electron chi connectivity index (χ3n) is 5.64. The number of carbonyl (C=O) groups excluding carboxylic acids is 1. The molecule has 4 heterocycles. The van der Waals surface area contributed by atoms with E-state index < -0.39 is 5.56 Å². The van der Waals surface area contributed by atoms with Crippen LogP contribution in [0.25, 0.3) is 4.96 Å². The molecule has 5 rings (SSSR count). The standard InChI is InChI=1S/C20H21FN6O2S/c21-15-5-1-2-6-16(15)24-9-11-25(12-10-24)17(28)14-13-22-19-27(18(14)29)23-20(30-19)26-7-3-4-8-26/h1-2,5-6,13H,3-4,7-12H2. The van der Waals surface area contributed by atoms with Crippen molar-refractivity contribution in [2.75, 3.05) is 49.1 Å². The summed E-state index contributed by atoms with van der Waals surface area (Å²) in [5.74, 6) is -0.631. The maximum absolute atomic E-state index is 14.0. The number of hydrogen-bond acceptors (Lipinski definition) is 7. The number of halogens is 1. The molecule has 3 aromatic rings. The van der Waals surface area contributed by atoms with Crippen LogP contribution < -0.4 is 15.4 Å². The highest BCUT2D eigenvalue weighted by Gasteiger charge is 2.27. The van der Waals surface area contributed by atoms with Crippen LogP contribution in [-0.4, -0.2) is 64.7 Å². The van der Waals surface area contributed by atoms with Crippen molar-refractivity contribution >= 4 is 33.0 Å². The molecule has 0 bridgehead atoms. The quantitative estimate of drug-likeness (QED) is 0.634. The number of fused-ring (bicyclic) bond motifs is 1. The lowest BCUT2D eigenvalue weighted by Gasteiger charge is -2.36. The Balaban J connectivity index is 1.34. The Hall–Kier alpha value is -3.01. The first-order valence-corrected chi connectivity index (χ1v) is 10.9. The van der Waals surface area contributed by atoms with E-state index in [4.69, 9.17) is 0 Å². The smallest absolute Gasteiger partial charge is 0.288 e. The number of anilines is 2. The molecule has 8 nitrogen and oxygen atoms in total. The van der Waals surface area contributed by atoms with E-state index in [0.717, 1.165) is 31.1 Å². The van der Waals surface area contributed by atoms with E-state index in [1.807, 2.05) is 4.90 Å².